The predicted octanol–water partition coefficient (Wildman–Crippen LogP) is 0.131. The lowest BCUT2D eigenvalue weighted by Gasteiger charge is -2.42. The first-order chi connectivity index (χ1) is 17.6. The fraction of sp³-hybridized carbons (Fsp3) is 0.600. The van der Waals surface area contributed by atoms with Crippen molar-refractivity contribution in [2.24, 2.45) is 0 Å². The number of rotatable bonds is 5. The Morgan fingerprint density at radius 2 is 1.86 bits per heavy atom. The standard InChI is InChI=1S/C25H31FN2O9/c1-11-2-3-13-18-14(20(30)15(24(34)35)9-28(11)18)8-16(26)19(13)27-6-4-12(5-7-27)36-25-23(33)22(32)21(31)17(10-29)37-25/h8-9,11-12,17,21-23,25,29,31-33H,2-7,10H2,1H3,(H,34,35)/t11?,17-,21-,22+,23-,25+/m1/s1. The Kier molecular flexibility index (Phi) is 6.98. The molecule has 0 spiro atoms. The van der Waals surface area contributed by atoms with E-state index in [9.17, 15) is 35.1 Å². The molecule has 0 bridgehead atoms. The van der Waals surface area contributed by atoms with Gasteiger partial charge in [0.25, 0.3) is 0 Å². The molecule has 6 atom stereocenters. The Morgan fingerprint density at radius 3 is 2.51 bits per heavy atom. The zero-order valence-electron chi connectivity index (χ0n) is 20.3. The highest BCUT2D eigenvalue weighted by Gasteiger charge is 2.45. The normalized spacial score (nSPS) is 30.6. The van der Waals surface area contributed by atoms with Gasteiger partial charge in [0.05, 0.1) is 23.9 Å². The molecule has 0 amide bonds. The zero-order valence-corrected chi connectivity index (χ0v) is 20.3. The van der Waals surface area contributed by atoms with Crippen LogP contribution < -0.4 is 10.3 Å². The summed E-state index contributed by atoms with van der Waals surface area (Å²) in [4.78, 5) is 26.3. The number of benzene rings is 1. The smallest absolute Gasteiger partial charge is 0.341 e. The second-order valence-corrected chi connectivity index (χ2v) is 10.1. The molecular formula is C25H31FN2O9. The van der Waals surface area contributed by atoms with Gasteiger partial charge in [0.2, 0.25) is 5.43 Å². The quantitative estimate of drug-likeness (QED) is 0.365. The third-order valence-corrected chi connectivity index (χ3v) is 7.79. The van der Waals surface area contributed by atoms with Crippen LogP contribution in [0.3, 0.4) is 0 Å². The summed E-state index contributed by atoms with van der Waals surface area (Å²) in [5.74, 6) is -1.93. The highest BCUT2D eigenvalue weighted by Crippen LogP contribution is 2.39. The number of piperidine rings is 1. The number of aryl methyl sites for hydroxylation is 1. The van der Waals surface area contributed by atoms with Crippen LogP contribution in [-0.4, -0.2) is 92.6 Å². The largest absolute Gasteiger partial charge is 0.477 e. The van der Waals surface area contributed by atoms with E-state index < -0.39 is 54.5 Å². The maximum Gasteiger partial charge on any atom is 0.341 e. The molecule has 3 aliphatic rings. The SMILES string of the molecule is CC1CCc2c(N3CCC(O[C@H]4O[C@H](CO)[C@@H](O)[C@H](O)[C@H]4O)CC3)c(F)cc3c(=O)c(C(=O)O)cn1c23. The lowest BCUT2D eigenvalue weighted by atomic mass is 9.93. The summed E-state index contributed by atoms with van der Waals surface area (Å²) in [7, 11) is 0. The van der Waals surface area contributed by atoms with Crippen LogP contribution in [0.4, 0.5) is 10.1 Å². The molecule has 202 valence electrons. The van der Waals surface area contributed by atoms with Crippen LogP contribution in [0.25, 0.3) is 10.9 Å². The number of halogens is 1. The predicted molar refractivity (Wildman–Crippen MR) is 128 cm³/mol. The number of pyridine rings is 1. The van der Waals surface area contributed by atoms with Gasteiger partial charge in [0.15, 0.2) is 6.29 Å². The Hall–Kier alpha value is -2.61. The molecule has 2 saturated heterocycles. The minimum atomic E-state index is -1.53. The summed E-state index contributed by atoms with van der Waals surface area (Å²) in [6, 6.07) is 1.08. The minimum Gasteiger partial charge on any atom is -0.477 e. The molecule has 1 unspecified atom stereocenters. The van der Waals surface area contributed by atoms with Gasteiger partial charge in [-0.15, -0.1) is 0 Å². The van der Waals surface area contributed by atoms with E-state index in [4.69, 9.17) is 9.47 Å². The third-order valence-electron chi connectivity index (χ3n) is 7.79. The Balaban J connectivity index is 1.39. The van der Waals surface area contributed by atoms with Gasteiger partial charge >= 0.3 is 5.97 Å². The minimum absolute atomic E-state index is 0.0512. The zero-order chi connectivity index (χ0) is 26.6. The number of carboxylic acids is 1. The van der Waals surface area contributed by atoms with Gasteiger partial charge in [0, 0.05) is 36.3 Å². The first-order valence-electron chi connectivity index (χ1n) is 12.5. The van der Waals surface area contributed by atoms with Crippen molar-refractivity contribution in [2.45, 2.75) is 75.5 Å². The number of anilines is 1. The van der Waals surface area contributed by atoms with Crippen molar-refractivity contribution in [1.29, 1.82) is 0 Å². The molecule has 12 heteroatoms. The summed E-state index contributed by atoms with van der Waals surface area (Å²) in [5.41, 5.74) is 0.541. The van der Waals surface area contributed by atoms with Crippen molar-refractivity contribution in [1.82, 2.24) is 4.57 Å². The van der Waals surface area contributed by atoms with Crippen molar-refractivity contribution in [3.8, 4) is 0 Å². The summed E-state index contributed by atoms with van der Waals surface area (Å²) >= 11 is 0. The Bertz CT molecular complexity index is 1260. The lowest BCUT2D eigenvalue weighted by molar-refractivity contribution is -0.312. The van der Waals surface area contributed by atoms with E-state index in [0.29, 0.717) is 55.5 Å². The average molecular weight is 523 g/mol. The molecule has 0 aliphatic carbocycles. The highest BCUT2D eigenvalue weighted by atomic mass is 19.1. The van der Waals surface area contributed by atoms with Crippen molar-refractivity contribution in [3.63, 3.8) is 0 Å². The first-order valence-corrected chi connectivity index (χ1v) is 12.5. The average Bonchev–Trinajstić information content (AvgIpc) is 2.88. The molecule has 0 radical (unpaired) electrons. The van der Waals surface area contributed by atoms with Crippen LogP contribution in [0.1, 0.15) is 48.1 Å². The summed E-state index contributed by atoms with van der Waals surface area (Å²) in [6.07, 6.45) is -3.71. The molecule has 1 aromatic heterocycles. The number of aromatic carboxylic acids is 1. The van der Waals surface area contributed by atoms with Crippen LogP contribution in [0.15, 0.2) is 17.1 Å². The highest BCUT2D eigenvalue weighted by molar-refractivity contribution is 5.95. The summed E-state index contributed by atoms with van der Waals surface area (Å²) < 4.78 is 28.6. The molecule has 37 heavy (non-hydrogen) atoms. The third kappa shape index (κ3) is 4.41. The number of aliphatic hydroxyl groups excluding tert-OH is 4. The van der Waals surface area contributed by atoms with E-state index in [0.717, 1.165) is 6.07 Å². The number of nitrogens with zero attached hydrogens (tertiary/aromatic N) is 2. The molecule has 5 rings (SSSR count). The van der Waals surface area contributed by atoms with Crippen molar-refractivity contribution >= 4 is 22.6 Å². The maximum atomic E-state index is 15.5. The van der Waals surface area contributed by atoms with E-state index in [1.54, 1.807) is 4.57 Å². The number of carboxylic acid groups (broad SMARTS) is 1. The van der Waals surface area contributed by atoms with Crippen LogP contribution in [0, 0.1) is 5.82 Å². The molecule has 2 fully saturated rings. The monoisotopic (exact) mass is 522 g/mol. The van der Waals surface area contributed by atoms with E-state index >= 15 is 4.39 Å². The van der Waals surface area contributed by atoms with Gasteiger partial charge in [-0.05, 0) is 38.7 Å². The molecule has 11 nitrogen and oxygen atoms in total. The van der Waals surface area contributed by atoms with Crippen molar-refractivity contribution < 1.29 is 44.2 Å². The van der Waals surface area contributed by atoms with Crippen LogP contribution in [0.5, 0.6) is 0 Å². The first kappa shape index (κ1) is 26.0. The molecule has 3 aliphatic heterocycles. The second-order valence-electron chi connectivity index (χ2n) is 10.1. The van der Waals surface area contributed by atoms with Crippen LogP contribution >= 0.6 is 0 Å². The number of aromatic nitrogens is 1. The summed E-state index contributed by atoms with van der Waals surface area (Å²) in [5, 5.41) is 49.1. The molecule has 2 aromatic rings. The van der Waals surface area contributed by atoms with Crippen LogP contribution in [-0.2, 0) is 15.9 Å². The molecular weight excluding hydrogens is 491 g/mol. The second kappa shape index (κ2) is 9.93. The van der Waals surface area contributed by atoms with Crippen LogP contribution in [0.2, 0.25) is 0 Å². The number of aliphatic hydroxyl groups is 4. The Labute approximate surface area is 211 Å². The van der Waals surface area contributed by atoms with Gasteiger partial charge < -0.3 is 44.5 Å². The van der Waals surface area contributed by atoms with Crippen molar-refractivity contribution in [2.75, 3.05) is 24.6 Å². The maximum absolute atomic E-state index is 15.5. The lowest BCUT2D eigenvalue weighted by Crippen LogP contribution is -2.60. The molecule has 5 N–H and O–H groups in total. The van der Waals surface area contributed by atoms with Gasteiger partial charge in [-0.3, -0.25) is 4.79 Å². The van der Waals surface area contributed by atoms with Gasteiger partial charge in [-0.2, -0.15) is 0 Å². The topological polar surface area (TPSA) is 162 Å². The molecule has 1 aromatic carbocycles. The van der Waals surface area contributed by atoms with Crippen molar-refractivity contribution in [3.05, 3.63) is 39.4 Å². The summed E-state index contributed by atoms with van der Waals surface area (Å²) in [6.45, 7) is 2.20. The Morgan fingerprint density at radius 1 is 1.16 bits per heavy atom. The van der Waals surface area contributed by atoms with E-state index in [1.807, 2.05) is 11.8 Å². The van der Waals surface area contributed by atoms with E-state index in [1.165, 1.54) is 6.20 Å². The number of carbonyl (C=O) groups is 1. The van der Waals surface area contributed by atoms with E-state index in [2.05, 4.69) is 0 Å². The molecule has 4 heterocycles. The molecule has 0 saturated carbocycles. The van der Waals surface area contributed by atoms with Gasteiger partial charge in [-0.25, -0.2) is 9.18 Å². The fourth-order valence-corrected chi connectivity index (χ4v) is 5.71. The number of hydrogen-bond acceptors (Lipinski definition) is 9. The van der Waals surface area contributed by atoms with E-state index in [-0.39, 0.29) is 23.1 Å². The number of ether oxygens (including phenoxy) is 2. The van der Waals surface area contributed by atoms with Gasteiger partial charge in [-0.1, -0.05) is 0 Å². The fourth-order valence-electron chi connectivity index (χ4n) is 5.71. The number of hydrogen-bond donors (Lipinski definition) is 5. The van der Waals surface area contributed by atoms with Gasteiger partial charge in [0.1, 0.15) is 35.8 Å².